The largest absolute Gasteiger partial charge is 0.394 e. The number of nitrogens with two attached hydrogens (primary N) is 3. The average molecular weight is 1340 g/mol. The maximum absolute atomic E-state index is 14.1. The minimum absolute atomic E-state index is 0.00559. The van der Waals surface area contributed by atoms with Crippen molar-refractivity contribution in [3.05, 3.63) is 71.9 Å². The molecule has 0 spiro atoms. The van der Waals surface area contributed by atoms with Crippen LogP contribution in [0.25, 0.3) is 10.9 Å². The lowest BCUT2D eigenvalue weighted by Crippen LogP contribution is -2.61. The standard InChI is InChI=1S/C60H88N16O17S/c1-32(67-57(90)43(68-34(3)80)26-36-27-64-38-16-9-8-15-37(36)38)52(85)65-28-48(82)69-45(31-78)58(91)75-50(33(2)79)60(93)73-42(25-35-13-6-5-7-14-35)53(86)66-29-49(83)76-23-12-18-46(76)59(92)72-41(21-24-94-4)56(89)71-40(19-20-47(62)81)55(88)70-39(17-10-11-22-61)54(87)74-44(30-77)51(63)84/h5-9,13-16,27,32-33,39-46,50,64,77-79H,10-12,17-26,28-31,61H2,1-4H3,(H2,62,81)(H2,63,84)(H,65,85)(H,66,86)(H,67,90)(H,68,80)(H,69,82)(H,70,88)(H,71,89)(H,72,92)(H,73,93)(H,74,87)(H,75,91)/t32-,33+,39-,40-,41-,42-,43-,44-,45-,46-,50-/m0/s1. The second-order valence-electron chi connectivity index (χ2n) is 22.4. The number of amides is 14. The first-order valence-corrected chi connectivity index (χ1v) is 31.9. The van der Waals surface area contributed by atoms with E-state index in [4.69, 9.17) is 17.2 Å². The number of aliphatic hydroxyl groups excluding tert-OH is 3. The van der Waals surface area contributed by atoms with E-state index in [1.807, 2.05) is 24.3 Å². The number of para-hydroxylation sites is 1. The normalized spacial score (nSPS) is 15.9. The number of benzene rings is 2. The van der Waals surface area contributed by atoms with Crippen molar-refractivity contribution in [2.24, 2.45) is 17.2 Å². The number of nitrogens with one attached hydrogen (secondary N) is 12. The van der Waals surface area contributed by atoms with Gasteiger partial charge >= 0.3 is 0 Å². The molecule has 516 valence electrons. The van der Waals surface area contributed by atoms with Crippen LogP contribution in [0.2, 0.25) is 0 Å². The number of carbonyl (C=O) groups is 14. The highest BCUT2D eigenvalue weighted by atomic mass is 32.2. The van der Waals surface area contributed by atoms with Gasteiger partial charge in [0.25, 0.3) is 0 Å². The van der Waals surface area contributed by atoms with Gasteiger partial charge in [-0.2, -0.15) is 11.8 Å². The molecule has 1 aromatic heterocycles. The fourth-order valence-corrected chi connectivity index (χ4v) is 10.4. The van der Waals surface area contributed by atoms with E-state index in [0.29, 0.717) is 30.6 Å². The molecule has 14 amide bonds. The van der Waals surface area contributed by atoms with Gasteiger partial charge in [-0.15, -0.1) is 0 Å². The van der Waals surface area contributed by atoms with Gasteiger partial charge in [0.05, 0.1) is 32.4 Å². The van der Waals surface area contributed by atoms with E-state index >= 15 is 0 Å². The number of aromatic amines is 1. The van der Waals surface area contributed by atoms with Crippen LogP contribution in [0.15, 0.2) is 60.8 Å². The van der Waals surface area contributed by atoms with Crippen LogP contribution in [0.1, 0.15) is 83.3 Å². The second kappa shape index (κ2) is 39.3. The lowest BCUT2D eigenvalue weighted by atomic mass is 10.0. The molecule has 21 N–H and O–H groups in total. The highest BCUT2D eigenvalue weighted by Gasteiger charge is 2.39. The van der Waals surface area contributed by atoms with Gasteiger partial charge in [0, 0.05) is 49.8 Å². The fraction of sp³-hybridized carbons (Fsp3) is 0.533. The first-order valence-electron chi connectivity index (χ1n) is 30.5. The molecule has 0 radical (unpaired) electrons. The first-order chi connectivity index (χ1) is 44.7. The van der Waals surface area contributed by atoms with E-state index < -0.39 is 182 Å². The molecule has 2 aromatic carbocycles. The number of carbonyl (C=O) groups excluding carboxylic acids is 14. The van der Waals surface area contributed by atoms with Crippen LogP contribution in [0.5, 0.6) is 0 Å². The van der Waals surface area contributed by atoms with Gasteiger partial charge < -0.3 is 101 Å². The van der Waals surface area contributed by atoms with E-state index in [9.17, 15) is 82.4 Å². The minimum atomic E-state index is -1.82. The van der Waals surface area contributed by atoms with Crippen molar-refractivity contribution in [1.82, 2.24) is 68.4 Å². The molecule has 0 aliphatic carbocycles. The molecular formula is C60H88N16O17S. The van der Waals surface area contributed by atoms with Gasteiger partial charge in [-0.1, -0.05) is 48.5 Å². The summed E-state index contributed by atoms with van der Waals surface area (Å²) in [5.41, 5.74) is 18.3. The van der Waals surface area contributed by atoms with E-state index in [1.54, 1.807) is 42.8 Å². The van der Waals surface area contributed by atoms with Crippen molar-refractivity contribution in [1.29, 1.82) is 0 Å². The number of primary amides is 2. The van der Waals surface area contributed by atoms with Crippen molar-refractivity contribution in [2.75, 3.05) is 51.4 Å². The van der Waals surface area contributed by atoms with E-state index in [-0.39, 0.29) is 51.6 Å². The summed E-state index contributed by atoms with van der Waals surface area (Å²) in [5.74, 6) is -12.0. The number of hydrogen-bond donors (Lipinski definition) is 18. The van der Waals surface area contributed by atoms with Gasteiger partial charge in [-0.05, 0) is 94.5 Å². The number of unbranched alkanes of at least 4 members (excludes halogenated alkanes) is 1. The van der Waals surface area contributed by atoms with Crippen LogP contribution in [0.3, 0.4) is 0 Å². The average Bonchev–Trinajstić information content (AvgIpc) is 1.65. The molecule has 11 atom stereocenters. The molecule has 1 saturated heterocycles. The van der Waals surface area contributed by atoms with Gasteiger partial charge in [0.1, 0.15) is 60.4 Å². The Bertz CT molecular complexity index is 3140. The fourth-order valence-electron chi connectivity index (χ4n) is 9.93. The summed E-state index contributed by atoms with van der Waals surface area (Å²) in [6.07, 6.45) is 2.14. The predicted molar refractivity (Wildman–Crippen MR) is 341 cm³/mol. The predicted octanol–water partition coefficient (Wildman–Crippen LogP) is -6.42. The van der Waals surface area contributed by atoms with Crippen LogP contribution in [-0.4, -0.2) is 226 Å². The van der Waals surface area contributed by atoms with E-state index in [2.05, 4.69) is 63.5 Å². The molecular weight excluding hydrogens is 1250 g/mol. The highest BCUT2D eigenvalue weighted by molar-refractivity contribution is 7.98. The van der Waals surface area contributed by atoms with Gasteiger partial charge in [0.15, 0.2) is 0 Å². The zero-order chi connectivity index (χ0) is 69.6. The summed E-state index contributed by atoms with van der Waals surface area (Å²) in [4.78, 5) is 190. The van der Waals surface area contributed by atoms with Gasteiger partial charge in [-0.3, -0.25) is 67.1 Å². The third kappa shape index (κ3) is 25.0. The smallest absolute Gasteiger partial charge is 0.245 e. The quantitative estimate of drug-likeness (QED) is 0.0236. The van der Waals surface area contributed by atoms with Gasteiger partial charge in [0.2, 0.25) is 82.7 Å². The molecule has 0 unspecified atom stereocenters. The number of aromatic nitrogens is 1. The number of hydrogen-bond acceptors (Lipinski definition) is 19. The van der Waals surface area contributed by atoms with Crippen molar-refractivity contribution in [3.63, 3.8) is 0 Å². The molecule has 33 nitrogen and oxygen atoms in total. The van der Waals surface area contributed by atoms with E-state index in [1.165, 1.54) is 30.5 Å². The first kappa shape index (κ1) is 77.2. The molecule has 34 heteroatoms. The molecule has 1 aliphatic heterocycles. The highest BCUT2D eigenvalue weighted by Crippen LogP contribution is 2.21. The zero-order valence-corrected chi connectivity index (χ0v) is 53.6. The number of rotatable bonds is 40. The SMILES string of the molecule is CSCC[C@H](NC(=O)[C@@H]1CCCN1C(=O)CNC(=O)[C@H](Cc1ccccc1)NC(=O)[C@@H](NC(=O)[C@H](CO)NC(=O)CNC(=O)[C@H](C)NC(=O)[C@H](Cc1c[nH]c2ccccc12)NC(C)=O)[C@@H](C)O)C(=O)N[C@@H](CCC(N)=O)C(=O)N[C@@H](CCCCN)C(=O)N[C@@H](CO)C(N)=O. The summed E-state index contributed by atoms with van der Waals surface area (Å²) < 4.78 is 0. The number of H-pyrrole nitrogens is 1. The van der Waals surface area contributed by atoms with Crippen molar-refractivity contribution in [3.8, 4) is 0 Å². The zero-order valence-electron chi connectivity index (χ0n) is 52.8. The Balaban J connectivity index is 1.39. The molecule has 0 saturated carbocycles. The number of fused-ring (bicyclic) bond motifs is 1. The molecule has 2 heterocycles. The Hall–Kier alpha value is -9.25. The number of thioether (sulfide) groups is 1. The Morgan fingerprint density at radius 1 is 0.617 bits per heavy atom. The summed E-state index contributed by atoms with van der Waals surface area (Å²) in [7, 11) is 0. The van der Waals surface area contributed by atoms with Crippen molar-refractivity contribution >= 4 is 105 Å². The lowest BCUT2D eigenvalue weighted by Gasteiger charge is -2.28. The van der Waals surface area contributed by atoms with Crippen LogP contribution >= 0.6 is 11.8 Å². The topological polar surface area (TPSA) is 529 Å². The Morgan fingerprint density at radius 2 is 1.19 bits per heavy atom. The van der Waals surface area contributed by atoms with Crippen LogP contribution in [0, 0.1) is 0 Å². The van der Waals surface area contributed by atoms with Crippen molar-refractivity contribution < 1.29 is 82.4 Å². The van der Waals surface area contributed by atoms with E-state index in [0.717, 1.165) is 23.4 Å². The van der Waals surface area contributed by atoms with Crippen molar-refractivity contribution in [2.45, 2.75) is 152 Å². The maximum Gasteiger partial charge on any atom is 0.245 e. The molecule has 0 bridgehead atoms. The molecule has 1 aliphatic rings. The third-order valence-electron chi connectivity index (χ3n) is 15.0. The Labute approximate surface area is 546 Å². The minimum Gasteiger partial charge on any atom is -0.394 e. The summed E-state index contributed by atoms with van der Waals surface area (Å²) >= 11 is 1.32. The number of nitrogens with zero attached hydrogens (tertiary/aromatic N) is 1. The van der Waals surface area contributed by atoms with Crippen LogP contribution in [-0.2, 0) is 80.0 Å². The molecule has 94 heavy (non-hydrogen) atoms. The summed E-state index contributed by atoms with van der Waals surface area (Å²) in [6, 6.07) is 1.43. The monoisotopic (exact) mass is 1340 g/mol. The Kier molecular flexibility index (Phi) is 32.3. The molecule has 3 aromatic rings. The summed E-state index contributed by atoms with van der Waals surface area (Å²) in [5, 5.41) is 58.1. The number of aliphatic hydroxyl groups is 3. The van der Waals surface area contributed by atoms with Gasteiger partial charge in [-0.25, -0.2) is 0 Å². The van der Waals surface area contributed by atoms with Crippen LogP contribution in [0.4, 0.5) is 0 Å². The lowest BCUT2D eigenvalue weighted by molar-refractivity contribution is -0.140. The van der Waals surface area contributed by atoms with Crippen LogP contribution < -0.4 is 75.7 Å². The molecule has 4 rings (SSSR count). The summed E-state index contributed by atoms with van der Waals surface area (Å²) in [6.45, 7) is 0.642. The maximum atomic E-state index is 14.1. The number of likely N-dealkylation sites (tertiary alicyclic amines) is 1. The third-order valence-corrected chi connectivity index (χ3v) is 15.7. The second-order valence-corrected chi connectivity index (χ2v) is 23.4. The molecule has 1 fully saturated rings. The Morgan fingerprint density at radius 3 is 1.80 bits per heavy atom.